The third-order valence-electron chi connectivity index (χ3n) is 3.57. The van der Waals surface area contributed by atoms with Gasteiger partial charge in [0.05, 0.1) is 6.10 Å². The summed E-state index contributed by atoms with van der Waals surface area (Å²) < 4.78 is 5.64. The zero-order chi connectivity index (χ0) is 17.4. The summed E-state index contributed by atoms with van der Waals surface area (Å²) >= 11 is 5.39. The second-order valence-corrected chi connectivity index (χ2v) is 6.62. The lowest BCUT2D eigenvalue weighted by Gasteiger charge is -2.17. The summed E-state index contributed by atoms with van der Waals surface area (Å²) in [5, 5.41) is 7.20. The highest BCUT2D eigenvalue weighted by molar-refractivity contribution is 7.80. The lowest BCUT2D eigenvalue weighted by atomic mass is 10.1. The summed E-state index contributed by atoms with van der Waals surface area (Å²) in [6.07, 6.45) is 2.25. The minimum Gasteiger partial charge on any atom is -0.491 e. The molecule has 0 radical (unpaired) electrons. The van der Waals surface area contributed by atoms with Crippen LogP contribution in [0.15, 0.2) is 54.6 Å². The second kappa shape index (κ2) is 9.28. The third kappa shape index (κ3) is 6.59. The van der Waals surface area contributed by atoms with Gasteiger partial charge in [0.15, 0.2) is 5.11 Å². The van der Waals surface area contributed by atoms with E-state index in [-0.39, 0.29) is 6.10 Å². The minimum atomic E-state index is 0.178. The maximum absolute atomic E-state index is 5.64. The van der Waals surface area contributed by atoms with E-state index in [1.54, 1.807) is 0 Å². The standard InChI is InChI=1S/C20H26N2OS/c1-15(2)23-19-13-11-18(12-14-19)22-20(24)21-16(3)9-10-17-7-5-4-6-8-17/h4-8,11-16H,9-10H2,1-3H3,(H2,21,22,24)/t16-/m0/s1. The van der Waals surface area contributed by atoms with Crippen LogP contribution < -0.4 is 15.4 Å². The Morgan fingerprint density at radius 2 is 1.67 bits per heavy atom. The van der Waals surface area contributed by atoms with Crippen molar-refractivity contribution in [2.24, 2.45) is 0 Å². The predicted molar refractivity (Wildman–Crippen MR) is 106 cm³/mol. The van der Waals surface area contributed by atoms with E-state index >= 15 is 0 Å². The lowest BCUT2D eigenvalue weighted by molar-refractivity contribution is 0.242. The highest BCUT2D eigenvalue weighted by atomic mass is 32.1. The Bertz CT molecular complexity index is 626. The molecule has 0 aliphatic rings. The van der Waals surface area contributed by atoms with Gasteiger partial charge in [-0.2, -0.15) is 0 Å². The molecule has 24 heavy (non-hydrogen) atoms. The van der Waals surface area contributed by atoms with Gasteiger partial charge in [-0.1, -0.05) is 30.3 Å². The van der Waals surface area contributed by atoms with E-state index in [4.69, 9.17) is 17.0 Å². The average molecular weight is 343 g/mol. The van der Waals surface area contributed by atoms with Crippen LogP contribution in [0.5, 0.6) is 5.75 Å². The lowest BCUT2D eigenvalue weighted by Crippen LogP contribution is -2.36. The molecule has 128 valence electrons. The molecule has 1 atom stereocenters. The molecule has 0 saturated carbocycles. The Kier molecular flexibility index (Phi) is 7.07. The maximum atomic E-state index is 5.64. The van der Waals surface area contributed by atoms with Gasteiger partial charge in [0.1, 0.15) is 5.75 Å². The number of anilines is 1. The van der Waals surface area contributed by atoms with Crippen molar-refractivity contribution in [3.8, 4) is 5.75 Å². The number of aryl methyl sites for hydroxylation is 1. The summed E-state index contributed by atoms with van der Waals surface area (Å²) in [5.41, 5.74) is 2.31. The normalized spacial score (nSPS) is 11.8. The SMILES string of the molecule is CC(C)Oc1ccc(NC(=S)N[C@@H](C)CCc2ccccc2)cc1. The van der Waals surface area contributed by atoms with E-state index in [0.29, 0.717) is 11.2 Å². The van der Waals surface area contributed by atoms with Crippen LogP contribution in [0.4, 0.5) is 5.69 Å². The molecule has 0 aliphatic heterocycles. The molecule has 3 nitrogen and oxygen atoms in total. The third-order valence-corrected chi connectivity index (χ3v) is 3.79. The first-order chi connectivity index (χ1) is 11.5. The van der Waals surface area contributed by atoms with Crippen molar-refractivity contribution in [1.82, 2.24) is 5.32 Å². The fourth-order valence-corrected chi connectivity index (χ4v) is 2.70. The molecular formula is C20H26N2OS. The van der Waals surface area contributed by atoms with Crippen LogP contribution in [-0.2, 0) is 6.42 Å². The first kappa shape index (κ1) is 18.3. The quantitative estimate of drug-likeness (QED) is 0.709. The van der Waals surface area contributed by atoms with E-state index in [1.165, 1.54) is 5.56 Å². The van der Waals surface area contributed by atoms with E-state index < -0.39 is 0 Å². The molecule has 0 fully saturated rings. The number of rotatable bonds is 7. The Hall–Kier alpha value is -2.07. The van der Waals surface area contributed by atoms with Crippen LogP contribution in [0.1, 0.15) is 32.8 Å². The smallest absolute Gasteiger partial charge is 0.170 e. The van der Waals surface area contributed by atoms with Crippen LogP contribution in [0, 0.1) is 0 Å². The summed E-state index contributed by atoms with van der Waals surface area (Å²) in [6, 6.07) is 18.7. The number of hydrogen-bond donors (Lipinski definition) is 2. The first-order valence-corrected chi connectivity index (χ1v) is 8.82. The van der Waals surface area contributed by atoms with Gasteiger partial charge in [-0.05, 0) is 75.7 Å². The predicted octanol–water partition coefficient (Wildman–Crippen LogP) is 4.78. The molecule has 0 saturated heterocycles. The zero-order valence-corrected chi connectivity index (χ0v) is 15.4. The van der Waals surface area contributed by atoms with Gasteiger partial charge >= 0.3 is 0 Å². The highest BCUT2D eigenvalue weighted by Crippen LogP contribution is 2.17. The maximum Gasteiger partial charge on any atom is 0.170 e. The largest absolute Gasteiger partial charge is 0.491 e. The average Bonchev–Trinajstić information content (AvgIpc) is 2.55. The second-order valence-electron chi connectivity index (χ2n) is 6.21. The number of nitrogens with one attached hydrogen (secondary N) is 2. The van der Waals surface area contributed by atoms with Crippen molar-refractivity contribution in [2.75, 3.05) is 5.32 Å². The van der Waals surface area contributed by atoms with Crippen LogP contribution in [0.2, 0.25) is 0 Å². The molecule has 0 unspecified atom stereocenters. The van der Waals surface area contributed by atoms with E-state index in [1.807, 2.05) is 44.2 Å². The monoisotopic (exact) mass is 342 g/mol. The molecule has 0 aromatic heterocycles. The molecule has 2 aromatic rings. The first-order valence-electron chi connectivity index (χ1n) is 8.41. The van der Waals surface area contributed by atoms with E-state index in [9.17, 15) is 0 Å². The molecule has 0 spiro atoms. The molecule has 0 aliphatic carbocycles. The molecule has 2 N–H and O–H groups in total. The fourth-order valence-electron chi connectivity index (χ4n) is 2.38. The van der Waals surface area contributed by atoms with Gasteiger partial charge in [0.25, 0.3) is 0 Å². The van der Waals surface area contributed by atoms with Gasteiger partial charge in [-0.3, -0.25) is 0 Å². The van der Waals surface area contributed by atoms with Crippen molar-refractivity contribution in [3.05, 3.63) is 60.2 Å². The Balaban J connectivity index is 1.75. The molecular weight excluding hydrogens is 316 g/mol. The molecule has 4 heteroatoms. The summed E-state index contributed by atoms with van der Waals surface area (Å²) in [7, 11) is 0. The van der Waals surface area contributed by atoms with E-state index in [0.717, 1.165) is 24.3 Å². The number of thiocarbonyl (C=S) groups is 1. The van der Waals surface area contributed by atoms with Crippen molar-refractivity contribution >= 4 is 23.0 Å². The molecule has 0 amide bonds. The molecule has 2 aromatic carbocycles. The van der Waals surface area contributed by atoms with Gasteiger partial charge < -0.3 is 15.4 Å². The Morgan fingerprint density at radius 3 is 2.29 bits per heavy atom. The van der Waals surface area contributed by atoms with Crippen LogP contribution in [0.25, 0.3) is 0 Å². The van der Waals surface area contributed by atoms with Crippen LogP contribution in [0.3, 0.4) is 0 Å². The summed E-state index contributed by atoms with van der Waals surface area (Å²) in [6.45, 7) is 6.18. The summed E-state index contributed by atoms with van der Waals surface area (Å²) in [5.74, 6) is 0.866. The van der Waals surface area contributed by atoms with Gasteiger partial charge in [-0.15, -0.1) is 0 Å². The molecule has 0 heterocycles. The van der Waals surface area contributed by atoms with Gasteiger partial charge in [0, 0.05) is 11.7 Å². The molecule has 0 bridgehead atoms. The highest BCUT2D eigenvalue weighted by Gasteiger charge is 2.05. The number of ether oxygens (including phenoxy) is 1. The number of benzene rings is 2. The van der Waals surface area contributed by atoms with Gasteiger partial charge in [-0.25, -0.2) is 0 Å². The number of hydrogen-bond acceptors (Lipinski definition) is 2. The summed E-state index contributed by atoms with van der Waals surface area (Å²) in [4.78, 5) is 0. The Morgan fingerprint density at radius 1 is 1.00 bits per heavy atom. The van der Waals surface area contributed by atoms with Crippen LogP contribution >= 0.6 is 12.2 Å². The topological polar surface area (TPSA) is 33.3 Å². The molecule has 2 rings (SSSR count). The van der Waals surface area contributed by atoms with Crippen molar-refractivity contribution in [3.63, 3.8) is 0 Å². The van der Waals surface area contributed by atoms with Crippen molar-refractivity contribution < 1.29 is 4.74 Å². The fraction of sp³-hybridized carbons (Fsp3) is 0.350. The Labute approximate surface area is 150 Å². The van der Waals surface area contributed by atoms with Crippen LogP contribution in [-0.4, -0.2) is 17.3 Å². The van der Waals surface area contributed by atoms with E-state index in [2.05, 4.69) is 41.8 Å². The van der Waals surface area contributed by atoms with Gasteiger partial charge in [0.2, 0.25) is 0 Å². The zero-order valence-electron chi connectivity index (χ0n) is 14.6. The minimum absolute atomic E-state index is 0.178. The van der Waals surface area contributed by atoms with Crippen molar-refractivity contribution in [2.45, 2.75) is 45.8 Å². The van der Waals surface area contributed by atoms with Crippen molar-refractivity contribution in [1.29, 1.82) is 0 Å².